The molecule has 18 heavy (non-hydrogen) atoms. The highest BCUT2D eigenvalue weighted by Gasteiger charge is 2.08. The standard InChI is InChI=1S/C11H9Cl2N3OS/c12-8-2-1-6(3-9(8)13)10(17)15-4-7-5-18-11(14)16-7/h1-3,5H,4H2,(H2,14,16)(H,15,17). The second-order valence-corrected chi connectivity index (χ2v) is 5.19. The second-order valence-electron chi connectivity index (χ2n) is 3.49. The molecule has 1 aromatic carbocycles. The van der Waals surface area contributed by atoms with E-state index in [-0.39, 0.29) is 5.91 Å². The minimum absolute atomic E-state index is 0.236. The van der Waals surface area contributed by atoms with Gasteiger partial charge in [0.15, 0.2) is 5.13 Å². The average molecular weight is 302 g/mol. The van der Waals surface area contributed by atoms with Gasteiger partial charge in [0.1, 0.15) is 0 Å². The van der Waals surface area contributed by atoms with Crippen molar-refractivity contribution in [2.45, 2.75) is 6.54 Å². The van der Waals surface area contributed by atoms with E-state index in [4.69, 9.17) is 28.9 Å². The van der Waals surface area contributed by atoms with E-state index in [1.54, 1.807) is 17.5 Å². The van der Waals surface area contributed by atoms with Crippen molar-refractivity contribution in [2.24, 2.45) is 0 Å². The van der Waals surface area contributed by atoms with Crippen LogP contribution >= 0.6 is 34.5 Å². The van der Waals surface area contributed by atoms with Gasteiger partial charge in [-0.15, -0.1) is 11.3 Å². The molecule has 1 aromatic heterocycles. The minimum Gasteiger partial charge on any atom is -0.375 e. The van der Waals surface area contributed by atoms with Gasteiger partial charge in [-0.2, -0.15) is 0 Å². The van der Waals surface area contributed by atoms with Crippen molar-refractivity contribution in [1.82, 2.24) is 10.3 Å². The van der Waals surface area contributed by atoms with Gasteiger partial charge in [-0.3, -0.25) is 4.79 Å². The molecule has 0 aliphatic carbocycles. The zero-order valence-electron chi connectivity index (χ0n) is 9.11. The van der Waals surface area contributed by atoms with E-state index in [2.05, 4.69) is 10.3 Å². The van der Waals surface area contributed by atoms with Crippen LogP contribution in [-0.4, -0.2) is 10.9 Å². The molecule has 1 heterocycles. The molecule has 0 unspecified atom stereocenters. The number of hydrogen-bond acceptors (Lipinski definition) is 4. The number of anilines is 1. The Morgan fingerprint density at radius 3 is 2.78 bits per heavy atom. The van der Waals surface area contributed by atoms with Gasteiger partial charge in [0.05, 0.1) is 22.3 Å². The first-order valence-electron chi connectivity index (χ1n) is 4.99. The maximum absolute atomic E-state index is 11.8. The molecule has 3 N–H and O–H groups in total. The number of aromatic nitrogens is 1. The minimum atomic E-state index is -0.236. The van der Waals surface area contributed by atoms with E-state index in [9.17, 15) is 4.79 Å². The Morgan fingerprint density at radius 1 is 1.39 bits per heavy atom. The number of thiazole rings is 1. The summed E-state index contributed by atoms with van der Waals surface area (Å²) in [6.45, 7) is 0.326. The number of nitrogen functional groups attached to an aromatic ring is 1. The molecule has 0 atom stereocenters. The topological polar surface area (TPSA) is 68.0 Å². The molecule has 0 radical (unpaired) electrons. The summed E-state index contributed by atoms with van der Waals surface area (Å²) in [5.74, 6) is -0.236. The molecule has 0 saturated carbocycles. The van der Waals surface area contributed by atoms with Gasteiger partial charge in [0.25, 0.3) is 5.91 Å². The van der Waals surface area contributed by atoms with E-state index < -0.39 is 0 Å². The molecule has 0 spiro atoms. The van der Waals surface area contributed by atoms with Crippen LogP contribution in [0.4, 0.5) is 5.13 Å². The molecule has 2 rings (SSSR count). The largest absolute Gasteiger partial charge is 0.375 e. The highest BCUT2D eigenvalue weighted by Crippen LogP contribution is 2.22. The van der Waals surface area contributed by atoms with Crippen LogP contribution < -0.4 is 11.1 Å². The summed E-state index contributed by atoms with van der Waals surface area (Å²) < 4.78 is 0. The summed E-state index contributed by atoms with van der Waals surface area (Å²) in [6, 6.07) is 4.72. The lowest BCUT2D eigenvalue weighted by Crippen LogP contribution is -2.22. The van der Waals surface area contributed by atoms with Crippen LogP contribution in [0.25, 0.3) is 0 Å². The lowest BCUT2D eigenvalue weighted by Gasteiger charge is -2.04. The van der Waals surface area contributed by atoms with Crippen molar-refractivity contribution in [3.63, 3.8) is 0 Å². The van der Waals surface area contributed by atoms with E-state index in [0.717, 1.165) is 5.69 Å². The van der Waals surface area contributed by atoms with Crippen molar-refractivity contribution in [3.05, 3.63) is 44.9 Å². The third kappa shape index (κ3) is 3.13. The summed E-state index contributed by atoms with van der Waals surface area (Å²) >= 11 is 12.9. The van der Waals surface area contributed by atoms with Gasteiger partial charge in [-0.1, -0.05) is 23.2 Å². The average Bonchev–Trinajstić information content (AvgIpc) is 2.75. The first-order chi connectivity index (χ1) is 8.56. The molecule has 2 aromatic rings. The van der Waals surface area contributed by atoms with Crippen molar-refractivity contribution >= 4 is 45.6 Å². The van der Waals surface area contributed by atoms with Crippen LogP contribution in [0.15, 0.2) is 23.6 Å². The number of carbonyl (C=O) groups is 1. The normalized spacial score (nSPS) is 10.3. The van der Waals surface area contributed by atoms with E-state index in [1.165, 1.54) is 17.4 Å². The summed E-state index contributed by atoms with van der Waals surface area (Å²) in [4.78, 5) is 15.9. The summed E-state index contributed by atoms with van der Waals surface area (Å²) in [5.41, 5.74) is 6.67. The molecule has 7 heteroatoms. The Morgan fingerprint density at radius 2 is 2.17 bits per heavy atom. The van der Waals surface area contributed by atoms with Crippen LogP contribution in [0, 0.1) is 0 Å². The van der Waals surface area contributed by atoms with Gasteiger partial charge >= 0.3 is 0 Å². The maximum atomic E-state index is 11.8. The smallest absolute Gasteiger partial charge is 0.251 e. The number of hydrogen-bond donors (Lipinski definition) is 2. The molecule has 1 amide bonds. The first-order valence-corrected chi connectivity index (χ1v) is 6.63. The van der Waals surface area contributed by atoms with Crippen LogP contribution in [0.2, 0.25) is 10.0 Å². The highest BCUT2D eigenvalue weighted by atomic mass is 35.5. The van der Waals surface area contributed by atoms with Gasteiger partial charge in [-0.25, -0.2) is 4.98 Å². The van der Waals surface area contributed by atoms with Gasteiger partial charge in [-0.05, 0) is 18.2 Å². The predicted octanol–water partition coefficient (Wildman–Crippen LogP) is 2.96. The Hall–Kier alpha value is -1.30. The number of halogens is 2. The summed E-state index contributed by atoms with van der Waals surface area (Å²) in [7, 11) is 0. The van der Waals surface area contributed by atoms with Gasteiger partial charge < -0.3 is 11.1 Å². The fraction of sp³-hybridized carbons (Fsp3) is 0.0909. The zero-order chi connectivity index (χ0) is 13.1. The van der Waals surface area contributed by atoms with Crippen LogP contribution in [0.3, 0.4) is 0 Å². The third-order valence-corrected chi connectivity index (χ3v) is 3.64. The van der Waals surface area contributed by atoms with E-state index in [0.29, 0.717) is 27.3 Å². The number of rotatable bonds is 3. The van der Waals surface area contributed by atoms with E-state index >= 15 is 0 Å². The fourth-order valence-electron chi connectivity index (χ4n) is 1.31. The third-order valence-electron chi connectivity index (χ3n) is 2.18. The molecule has 4 nitrogen and oxygen atoms in total. The molecule has 0 saturated heterocycles. The molecule has 0 bridgehead atoms. The van der Waals surface area contributed by atoms with Crippen LogP contribution in [0.1, 0.15) is 16.1 Å². The van der Waals surface area contributed by atoms with Gasteiger partial charge in [0.2, 0.25) is 0 Å². The van der Waals surface area contributed by atoms with Gasteiger partial charge in [0, 0.05) is 10.9 Å². The predicted molar refractivity (Wildman–Crippen MR) is 74.2 cm³/mol. The monoisotopic (exact) mass is 301 g/mol. The van der Waals surface area contributed by atoms with E-state index in [1.807, 2.05) is 0 Å². The summed E-state index contributed by atoms with van der Waals surface area (Å²) in [6.07, 6.45) is 0. The molecule has 0 aliphatic rings. The maximum Gasteiger partial charge on any atom is 0.251 e. The van der Waals surface area contributed by atoms with Crippen LogP contribution in [-0.2, 0) is 6.54 Å². The Labute approximate surface area is 118 Å². The molecule has 94 valence electrons. The number of benzene rings is 1. The quantitative estimate of drug-likeness (QED) is 0.916. The molecule has 0 fully saturated rings. The molecule has 0 aliphatic heterocycles. The number of nitrogens with two attached hydrogens (primary N) is 1. The molecular weight excluding hydrogens is 293 g/mol. The highest BCUT2D eigenvalue weighted by molar-refractivity contribution is 7.13. The Kier molecular flexibility index (Phi) is 4.06. The first kappa shape index (κ1) is 13.1. The lowest BCUT2D eigenvalue weighted by atomic mass is 10.2. The Balaban J connectivity index is 2.01. The second kappa shape index (κ2) is 5.56. The summed E-state index contributed by atoms with van der Waals surface area (Å²) in [5, 5.41) is 5.77. The lowest BCUT2D eigenvalue weighted by molar-refractivity contribution is 0.0950. The van der Waals surface area contributed by atoms with Crippen molar-refractivity contribution in [2.75, 3.05) is 5.73 Å². The number of nitrogens with zero attached hydrogens (tertiary/aromatic N) is 1. The number of amides is 1. The Bertz CT molecular complexity index is 585. The SMILES string of the molecule is Nc1nc(CNC(=O)c2ccc(Cl)c(Cl)c2)cs1. The zero-order valence-corrected chi connectivity index (χ0v) is 11.4. The fourth-order valence-corrected chi connectivity index (χ4v) is 2.17. The molecular formula is C11H9Cl2N3OS. The van der Waals surface area contributed by atoms with Crippen molar-refractivity contribution in [1.29, 1.82) is 0 Å². The van der Waals surface area contributed by atoms with Crippen molar-refractivity contribution < 1.29 is 4.79 Å². The number of carbonyl (C=O) groups excluding carboxylic acids is 1. The van der Waals surface area contributed by atoms with Crippen LogP contribution in [0.5, 0.6) is 0 Å². The number of nitrogens with one attached hydrogen (secondary N) is 1. The van der Waals surface area contributed by atoms with Crippen molar-refractivity contribution in [3.8, 4) is 0 Å².